The van der Waals surface area contributed by atoms with Gasteiger partial charge < -0.3 is 14.7 Å². The van der Waals surface area contributed by atoms with E-state index in [9.17, 15) is 9.90 Å². The summed E-state index contributed by atoms with van der Waals surface area (Å²) in [6.07, 6.45) is 0.428. The van der Waals surface area contributed by atoms with Gasteiger partial charge in [0.1, 0.15) is 5.60 Å². The third-order valence-corrected chi connectivity index (χ3v) is 5.59. The highest BCUT2D eigenvalue weighted by Crippen LogP contribution is 2.40. The SMILES string of the molecule is CCN(CC)CCC(=O)OC(c1ccccc1)C1(O)CCSC1.Cl. The lowest BCUT2D eigenvalue weighted by atomic mass is 9.90. The van der Waals surface area contributed by atoms with Crippen LogP contribution >= 0.6 is 24.2 Å². The van der Waals surface area contributed by atoms with E-state index < -0.39 is 11.7 Å². The molecule has 24 heavy (non-hydrogen) atoms. The highest BCUT2D eigenvalue weighted by atomic mass is 35.5. The molecule has 0 amide bonds. The molecule has 1 aromatic rings. The average molecular weight is 374 g/mol. The van der Waals surface area contributed by atoms with Crippen molar-refractivity contribution in [3.8, 4) is 0 Å². The number of ether oxygens (including phenoxy) is 1. The van der Waals surface area contributed by atoms with Gasteiger partial charge in [0.15, 0.2) is 6.10 Å². The summed E-state index contributed by atoms with van der Waals surface area (Å²) in [5.41, 5.74) is -0.0923. The quantitative estimate of drug-likeness (QED) is 0.708. The lowest BCUT2D eigenvalue weighted by molar-refractivity contribution is -0.164. The zero-order chi connectivity index (χ0) is 16.7. The minimum absolute atomic E-state index is 0. The Morgan fingerprint density at radius 1 is 1.33 bits per heavy atom. The van der Waals surface area contributed by atoms with Gasteiger partial charge in [-0.05, 0) is 30.8 Å². The minimum Gasteiger partial charge on any atom is -0.454 e. The number of aliphatic hydroxyl groups is 1. The minimum atomic E-state index is -0.961. The maximum absolute atomic E-state index is 12.3. The Hall–Kier alpha value is -0.750. The normalized spacial score (nSPS) is 21.3. The Morgan fingerprint density at radius 3 is 2.54 bits per heavy atom. The van der Waals surface area contributed by atoms with Crippen LogP contribution in [0.3, 0.4) is 0 Å². The number of nitrogens with zero attached hydrogens (tertiary/aromatic N) is 1. The summed E-state index contributed by atoms with van der Waals surface area (Å²) in [6, 6.07) is 9.60. The first kappa shape index (κ1) is 21.3. The summed E-state index contributed by atoms with van der Waals surface area (Å²) in [5.74, 6) is 1.27. The Kier molecular flexibility index (Phi) is 9.13. The van der Waals surface area contributed by atoms with Crippen LogP contribution in [0.4, 0.5) is 0 Å². The van der Waals surface area contributed by atoms with E-state index in [4.69, 9.17) is 4.74 Å². The number of hydrogen-bond donors (Lipinski definition) is 1. The number of esters is 1. The van der Waals surface area contributed by atoms with Crippen molar-refractivity contribution < 1.29 is 14.6 Å². The third-order valence-electron chi connectivity index (χ3n) is 4.40. The van der Waals surface area contributed by atoms with Crippen molar-refractivity contribution in [2.75, 3.05) is 31.1 Å². The number of halogens is 1. The lowest BCUT2D eigenvalue weighted by Gasteiger charge is -2.32. The Balaban J connectivity index is 0.00000288. The first-order valence-corrected chi connectivity index (χ1v) is 9.51. The molecule has 1 aromatic carbocycles. The molecule has 1 aliphatic rings. The molecule has 0 bridgehead atoms. The number of carbonyl (C=O) groups is 1. The van der Waals surface area contributed by atoms with E-state index in [0.717, 1.165) is 24.4 Å². The van der Waals surface area contributed by atoms with Crippen molar-refractivity contribution in [1.29, 1.82) is 0 Å². The molecule has 136 valence electrons. The summed E-state index contributed by atoms with van der Waals surface area (Å²) >= 11 is 1.71. The highest BCUT2D eigenvalue weighted by molar-refractivity contribution is 7.99. The van der Waals surface area contributed by atoms with Gasteiger partial charge >= 0.3 is 5.97 Å². The Bertz CT molecular complexity index is 490. The first-order chi connectivity index (χ1) is 11.1. The molecule has 0 aromatic heterocycles. The number of benzene rings is 1. The van der Waals surface area contributed by atoms with Crippen LogP contribution in [0, 0.1) is 0 Å². The van der Waals surface area contributed by atoms with Gasteiger partial charge in [0.2, 0.25) is 0 Å². The van der Waals surface area contributed by atoms with Gasteiger partial charge in [0, 0.05) is 12.3 Å². The smallest absolute Gasteiger partial charge is 0.307 e. The zero-order valence-electron chi connectivity index (χ0n) is 14.4. The maximum atomic E-state index is 12.3. The van der Waals surface area contributed by atoms with E-state index in [0.29, 0.717) is 25.1 Å². The fourth-order valence-electron chi connectivity index (χ4n) is 2.87. The lowest BCUT2D eigenvalue weighted by Crippen LogP contribution is -2.39. The fourth-order valence-corrected chi connectivity index (χ4v) is 4.16. The van der Waals surface area contributed by atoms with E-state index in [-0.39, 0.29) is 18.4 Å². The molecular weight excluding hydrogens is 346 g/mol. The Morgan fingerprint density at radius 2 is 2.00 bits per heavy atom. The summed E-state index contributed by atoms with van der Waals surface area (Å²) in [6.45, 7) is 6.71. The number of carbonyl (C=O) groups excluding carboxylic acids is 1. The van der Waals surface area contributed by atoms with E-state index in [1.807, 2.05) is 30.3 Å². The summed E-state index contributed by atoms with van der Waals surface area (Å²) in [4.78, 5) is 14.5. The van der Waals surface area contributed by atoms with Gasteiger partial charge in [0.05, 0.1) is 6.42 Å². The molecule has 1 aliphatic heterocycles. The van der Waals surface area contributed by atoms with Gasteiger partial charge in [-0.1, -0.05) is 44.2 Å². The van der Waals surface area contributed by atoms with Crippen molar-refractivity contribution in [3.05, 3.63) is 35.9 Å². The van der Waals surface area contributed by atoms with E-state index in [1.165, 1.54) is 0 Å². The highest BCUT2D eigenvalue weighted by Gasteiger charge is 2.43. The Labute approximate surface area is 155 Å². The summed E-state index contributed by atoms with van der Waals surface area (Å²) < 4.78 is 5.73. The fraction of sp³-hybridized carbons (Fsp3) is 0.611. The maximum Gasteiger partial charge on any atom is 0.307 e. The number of rotatable bonds is 8. The van der Waals surface area contributed by atoms with Crippen LogP contribution in [0.15, 0.2) is 30.3 Å². The molecule has 1 N–H and O–H groups in total. The molecule has 6 heteroatoms. The molecule has 4 nitrogen and oxygen atoms in total. The van der Waals surface area contributed by atoms with Gasteiger partial charge in [-0.25, -0.2) is 0 Å². The molecule has 2 atom stereocenters. The predicted octanol–water partition coefficient (Wildman–Crippen LogP) is 3.29. The van der Waals surface area contributed by atoms with Crippen molar-refractivity contribution in [2.24, 2.45) is 0 Å². The molecule has 1 heterocycles. The average Bonchev–Trinajstić information content (AvgIpc) is 3.02. The van der Waals surface area contributed by atoms with E-state index in [2.05, 4.69) is 18.7 Å². The summed E-state index contributed by atoms with van der Waals surface area (Å²) in [7, 11) is 0. The van der Waals surface area contributed by atoms with Crippen molar-refractivity contribution >= 4 is 30.1 Å². The van der Waals surface area contributed by atoms with Crippen molar-refractivity contribution in [3.63, 3.8) is 0 Å². The second-order valence-electron chi connectivity index (χ2n) is 5.96. The predicted molar refractivity (Wildman–Crippen MR) is 102 cm³/mol. The van der Waals surface area contributed by atoms with Gasteiger partial charge in [-0.2, -0.15) is 11.8 Å². The molecule has 1 fully saturated rings. The zero-order valence-corrected chi connectivity index (χ0v) is 16.1. The topological polar surface area (TPSA) is 49.8 Å². The van der Waals surface area contributed by atoms with Gasteiger partial charge in [-0.15, -0.1) is 12.4 Å². The molecule has 2 unspecified atom stereocenters. The van der Waals surface area contributed by atoms with Crippen molar-refractivity contribution in [1.82, 2.24) is 4.90 Å². The molecule has 0 spiro atoms. The van der Waals surface area contributed by atoms with Crippen LogP contribution in [0.5, 0.6) is 0 Å². The van der Waals surface area contributed by atoms with Crippen molar-refractivity contribution in [2.45, 2.75) is 38.4 Å². The van der Waals surface area contributed by atoms with Crippen LogP contribution in [0.2, 0.25) is 0 Å². The van der Waals surface area contributed by atoms with Gasteiger partial charge in [0.25, 0.3) is 0 Å². The van der Waals surface area contributed by atoms with E-state index in [1.54, 1.807) is 11.8 Å². The number of hydrogen-bond acceptors (Lipinski definition) is 5. The van der Waals surface area contributed by atoms with E-state index >= 15 is 0 Å². The monoisotopic (exact) mass is 373 g/mol. The third kappa shape index (κ3) is 5.66. The van der Waals surface area contributed by atoms with Crippen LogP contribution in [0.1, 0.15) is 38.4 Å². The number of thioether (sulfide) groups is 1. The molecule has 0 radical (unpaired) electrons. The molecule has 1 saturated heterocycles. The second kappa shape index (κ2) is 10.3. The van der Waals surface area contributed by atoms with Crippen LogP contribution in [0.25, 0.3) is 0 Å². The van der Waals surface area contributed by atoms with Crippen LogP contribution in [-0.2, 0) is 9.53 Å². The second-order valence-corrected chi connectivity index (χ2v) is 7.07. The molecule has 0 aliphatic carbocycles. The molecular formula is C18H28ClNO3S. The first-order valence-electron chi connectivity index (χ1n) is 8.36. The van der Waals surface area contributed by atoms with Gasteiger partial charge in [-0.3, -0.25) is 4.79 Å². The van der Waals surface area contributed by atoms with Crippen LogP contribution in [-0.4, -0.2) is 52.7 Å². The summed E-state index contributed by atoms with van der Waals surface area (Å²) in [5, 5.41) is 10.9. The van der Waals surface area contributed by atoms with Crippen LogP contribution < -0.4 is 0 Å². The largest absolute Gasteiger partial charge is 0.454 e. The standard InChI is InChI=1S/C18H27NO3S.ClH/c1-3-19(4-2)12-10-16(20)22-17(15-8-6-5-7-9-15)18(21)11-13-23-14-18;/h5-9,17,21H,3-4,10-14H2,1-2H3;1H. The molecule has 2 rings (SSSR count). The molecule has 0 saturated carbocycles.